The Bertz CT molecular complexity index is 558. The molecular formula is C18H27N3O2S. The molecule has 1 aliphatic rings. The summed E-state index contributed by atoms with van der Waals surface area (Å²) in [7, 11) is 0. The van der Waals surface area contributed by atoms with Crippen molar-refractivity contribution in [2.75, 3.05) is 13.2 Å². The van der Waals surface area contributed by atoms with E-state index >= 15 is 0 Å². The fourth-order valence-electron chi connectivity index (χ4n) is 2.70. The summed E-state index contributed by atoms with van der Waals surface area (Å²) in [4.78, 5) is 0. The topological polar surface area (TPSA) is 54.9 Å². The third-order valence-electron chi connectivity index (χ3n) is 3.87. The Kier molecular flexibility index (Phi) is 6.99. The van der Waals surface area contributed by atoms with Crippen LogP contribution in [-0.2, 0) is 11.3 Å². The molecule has 1 aliphatic heterocycles. The van der Waals surface area contributed by atoms with E-state index in [2.05, 4.69) is 29.7 Å². The number of ether oxygens (including phenoxy) is 2. The second-order valence-corrected chi connectivity index (χ2v) is 6.92. The van der Waals surface area contributed by atoms with Gasteiger partial charge in [0.15, 0.2) is 5.11 Å². The first-order chi connectivity index (χ1) is 11.5. The minimum atomic E-state index is -0.0681. The lowest BCUT2D eigenvalue weighted by Gasteiger charge is -2.33. The number of thiocarbonyl (C=S) groups is 1. The van der Waals surface area contributed by atoms with Gasteiger partial charge in [0.2, 0.25) is 0 Å². The molecule has 2 N–H and O–H groups in total. The monoisotopic (exact) mass is 349 g/mol. The largest absolute Gasteiger partial charge is 0.494 e. The van der Waals surface area contributed by atoms with Crippen LogP contribution in [0.4, 0.5) is 0 Å². The summed E-state index contributed by atoms with van der Waals surface area (Å²) in [6.45, 7) is 8.31. The Morgan fingerprint density at radius 3 is 2.83 bits per heavy atom. The zero-order valence-electron chi connectivity index (χ0n) is 14.7. The average Bonchev–Trinajstić information content (AvgIpc) is 2.54. The maximum Gasteiger partial charge on any atom is 0.187 e. The van der Waals surface area contributed by atoms with Crippen LogP contribution in [0.1, 0.15) is 39.2 Å². The molecule has 132 valence electrons. The number of benzene rings is 1. The summed E-state index contributed by atoms with van der Waals surface area (Å²) in [6.07, 6.45) is 3.92. The first-order valence-electron chi connectivity index (χ1n) is 8.41. The van der Waals surface area contributed by atoms with Gasteiger partial charge in [-0.25, -0.2) is 0 Å². The number of nitrogens with one attached hydrogen (secondary N) is 2. The maximum atomic E-state index is 5.71. The highest BCUT2D eigenvalue weighted by molar-refractivity contribution is 7.80. The molecule has 5 nitrogen and oxygen atoms in total. The Labute approximate surface area is 149 Å². The van der Waals surface area contributed by atoms with Crippen LogP contribution in [-0.4, -0.2) is 30.1 Å². The van der Waals surface area contributed by atoms with Crippen LogP contribution in [0.25, 0.3) is 0 Å². The van der Waals surface area contributed by atoms with Crippen LogP contribution in [0.5, 0.6) is 5.75 Å². The molecule has 24 heavy (non-hydrogen) atoms. The van der Waals surface area contributed by atoms with Gasteiger partial charge >= 0.3 is 0 Å². The molecular weight excluding hydrogens is 322 g/mol. The standard InChI is InChI=1S/C18H27N3O2S/c1-4-22-16-7-5-14(6-8-16)12-19-17(24)21-20-13-15-9-10-23-18(2,3)11-15/h5-8,13,15H,4,9-12H2,1-3H3,(H2,19,21,24)/b20-13-/t15-/m0/s1. The third-order valence-corrected chi connectivity index (χ3v) is 4.11. The van der Waals surface area contributed by atoms with Crippen LogP contribution in [0.15, 0.2) is 29.4 Å². The zero-order valence-corrected chi connectivity index (χ0v) is 15.5. The van der Waals surface area contributed by atoms with E-state index in [1.807, 2.05) is 37.4 Å². The van der Waals surface area contributed by atoms with Crippen molar-refractivity contribution in [3.63, 3.8) is 0 Å². The number of nitrogens with zero attached hydrogens (tertiary/aromatic N) is 1. The van der Waals surface area contributed by atoms with E-state index < -0.39 is 0 Å². The molecule has 0 unspecified atom stereocenters. The van der Waals surface area contributed by atoms with E-state index in [1.54, 1.807) is 0 Å². The predicted molar refractivity (Wildman–Crippen MR) is 101 cm³/mol. The SMILES string of the molecule is CCOc1ccc(CNC(=S)N/N=C\[C@H]2CCOC(C)(C)C2)cc1. The van der Waals surface area contributed by atoms with Gasteiger partial charge in [0.25, 0.3) is 0 Å². The van der Waals surface area contributed by atoms with Gasteiger partial charge in [-0.15, -0.1) is 0 Å². The fourth-order valence-corrected chi connectivity index (χ4v) is 2.82. The highest BCUT2D eigenvalue weighted by Gasteiger charge is 2.27. The summed E-state index contributed by atoms with van der Waals surface area (Å²) in [5.74, 6) is 1.31. The molecule has 0 saturated carbocycles. The number of hydrogen-bond acceptors (Lipinski definition) is 4. The van der Waals surface area contributed by atoms with E-state index in [0.717, 1.165) is 30.8 Å². The van der Waals surface area contributed by atoms with Crippen molar-refractivity contribution >= 4 is 23.5 Å². The van der Waals surface area contributed by atoms with Crippen molar-refractivity contribution in [2.45, 2.75) is 45.8 Å². The molecule has 1 aromatic rings. The highest BCUT2D eigenvalue weighted by Crippen LogP contribution is 2.27. The van der Waals surface area contributed by atoms with Crippen molar-refractivity contribution in [1.82, 2.24) is 10.7 Å². The lowest BCUT2D eigenvalue weighted by Crippen LogP contribution is -2.35. The zero-order chi connectivity index (χ0) is 17.4. The number of hydrazone groups is 1. The molecule has 0 aromatic heterocycles. The van der Waals surface area contributed by atoms with Gasteiger partial charge in [-0.3, -0.25) is 5.43 Å². The Morgan fingerprint density at radius 2 is 2.17 bits per heavy atom. The first kappa shape index (κ1) is 18.7. The summed E-state index contributed by atoms with van der Waals surface area (Å²) in [5, 5.41) is 7.92. The van der Waals surface area contributed by atoms with Crippen molar-refractivity contribution in [2.24, 2.45) is 11.0 Å². The summed E-state index contributed by atoms with van der Waals surface area (Å²) in [5.41, 5.74) is 3.95. The Morgan fingerprint density at radius 1 is 1.42 bits per heavy atom. The number of rotatable bonds is 6. The average molecular weight is 350 g/mol. The van der Waals surface area contributed by atoms with Gasteiger partial charge < -0.3 is 14.8 Å². The molecule has 0 radical (unpaired) electrons. The van der Waals surface area contributed by atoms with Crippen LogP contribution in [0.2, 0.25) is 0 Å². The first-order valence-corrected chi connectivity index (χ1v) is 8.82. The molecule has 1 fully saturated rings. The van der Waals surface area contributed by atoms with E-state index in [4.69, 9.17) is 21.7 Å². The van der Waals surface area contributed by atoms with Crippen LogP contribution in [0.3, 0.4) is 0 Å². The van der Waals surface area contributed by atoms with E-state index in [0.29, 0.717) is 24.2 Å². The lowest BCUT2D eigenvalue weighted by molar-refractivity contribution is -0.0608. The molecule has 1 aromatic carbocycles. The highest BCUT2D eigenvalue weighted by atomic mass is 32.1. The molecule has 1 heterocycles. The second-order valence-electron chi connectivity index (χ2n) is 6.51. The summed E-state index contributed by atoms with van der Waals surface area (Å²) < 4.78 is 11.1. The molecule has 6 heteroatoms. The van der Waals surface area contributed by atoms with Crippen LogP contribution in [0, 0.1) is 5.92 Å². The molecule has 1 saturated heterocycles. The summed E-state index contributed by atoms with van der Waals surface area (Å²) >= 11 is 5.25. The molecule has 0 aliphatic carbocycles. The lowest BCUT2D eigenvalue weighted by atomic mass is 9.89. The molecule has 0 bridgehead atoms. The molecule has 2 rings (SSSR count). The summed E-state index contributed by atoms with van der Waals surface area (Å²) in [6, 6.07) is 7.96. The minimum absolute atomic E-state index is 0.0681. The van der Waals surface area contributed by atoms with E-state index in [1.165, 1.54) is 0 Å². The van der Waals surface area contributed by atoms with E-state index in [9.17, 15) is 0 Å². The predicted octanol–water partition coefficient (Wildman–Crippen LogP) is 3.24. The smallest absolute Gasteiger partial charge is 0.187 e. The van der Waals surface area contributed by atoms with Crippen LogP contribution < -0.4 is 15.5 Å². The molecule has 1 atom stereocenters. The van der Waals surface area contributed by atoms with Gasteiger partial charge in [-0.2, -0.15) is 5.10 Å². The second kappa shape index (κ2) is 8.99. The normalized spacial score (nSPS) is 19.9. The van der Waals surface area contributed by atoms with E-state index in [-0.39, 0.29) is 5.60 Å². The third kappa shape index (κ3) is 6.45. The molecule has 0 amide bonds. The molecule has 0 spiro atoms. The Hall–Kier alpha value is -1.66. The van der Waals surface area contributed by atoms with Gasteiger partial charge in [-0.1, -0.05) is 12.1 Å². The number of hydrogen-bond donors (Lipinski definition) is 2. The van der Waals surface area contributed by atoms with Gasteiger partial charge in [0.05, 0.1) is 12.2 Å². The van der Waals surface area contributed by atoms with Crippen molar-refractivity contribution < 1.29 is 9.47 Å². The van der Waals surface area contributed by atoms with Crippen molar-refractivity contribution in [3.8, 4) is 5.75 Å². The van der Waals surface area contributed by atoms with Gasteiger partial charge in [0.1, 0.15) is 5.75 Å². The van der Waals surface area contributed by atoms with Crippen molar-refractivity contribution in [3.05, 3.63) is 29.8 Å². The quantitative estimate of drug-likeness (QED) is 0.469. The fraction of sp³-hybridized carbons (Fsp3) is 0.556. The van der Waals surface area contributed by atoms with Gasteiger partial charge in [0, 0.05) is 25.3 Å². The van der Waals surface area contributed by atoms with Crippen molar-refractivity contribution in [1.29, 1.82) is 0 Å². The minimum Gasteiger partial charge on any atom is -0.494 e. The van der Waals surface area contributed by atoms with Crippen LogP contribution >= 0.6 is 12.2 Å². The van der Waals surface area contributed by atoms with Gasteiger partial charge in [-0.05, 0) is 63.5 Å². The maximum absolute atomic E-state index is 5.71. The Balaban J connectivity index is 1.70.